The van der Waals surface area contributed by atoms with Gasteiger partial charge in [-0.3, -0.25) is 14.5 Å². The first-order valence-electron chi connectivity index (χ1n) is 11.0. The summed E-state index contributed by atoms with van der Waals surface area (Å²) in [6.45, 7) is 7.78. The first-order chi connectivity index (χ1) is 14.9. The minimum Gasteiger partial charge on any atom is -0.493 e. The number of fused-ring (bicyclic) bond motifs is 1. The molecule has 0 spiro atoms. The number of methoxy groups -OCH3 is 2. The first kappa shape index (κ1) is 23.1. The largest absolute Gasteiger partial charge is 0.493 e. The van der Waals surface area contributed by atoms with E-state index in [0.29, 0.717) is 53.2 Å². The van der Waals surface area contributed by atoms with Gasteiger partial charge in [0.25, 0.3) is 5.56 Å². The van der Waals surface area contributed by atoms with E-state index < -0.39 is 0 Å². The van der Waals surface area contributed by atoms with Crippen LogP contribution in [0, 0.1) is 11.8 Å². The topological polar surface area (TPSA) is 96.6 Å². The number of amides is 1. The number of H-pyrrole nitrogens is 1. The van der Waals surface area contributed by atoms with Crippen molar-refractivity contribution in [3.63, 3.8) is 0 Å². The van der Waals surface area contributed by atoms with Crippen LogP contribution in [0.2, 0.25) is 0 Å². The molecule has 1 heterocycles. The highest BCUT2D eigenvalue weighted by Crippen LogP contribution is 2.30. The number of rotatable bonds is 8. The molecular weight excluding hydrogens is 396 g/mol. The Morgan fingerprint density at radius 3 is 2.61 bits per heavy atom. The summed E-state index contributed by atoms with van der Waals surface area (Å²) in [6.07, 6.45) is 3.42. The SMILES string of the molecule is CCN(CC(=O)N[C@H]1CCC[C@H](C)[C@@H]1C)Cc1nc2cc(OC)c(OC)cc2c(=O)[nH]1. The summed E-state index contributed by atoms with van der Waals surface area (Å²) in [5.41, 5.74) is 0.286. The zero-order chi connectivity index (χ0) is 22.5. The van der Waals surface area contributed by atoms with Crippen molar-refractivity contribution in [2.75, 3.05) is 27.3 Å². The number of benzene rings is 1. The van der Waals surface area contributed by atoms with Crippen LogP contribution in [-0.4, -0.2) is 54.1 Å². The Balaban J connectivity index is 1.72. The molecule has 8 heteroatoms. The normalized spacial score (nSPS) is 21.3. The van der Waals surface area contributed by atoms with E-state index in [0.717, 1.165) is 12.8 Å². The number of carbonyl (C=O) groups is 1. The Morgan fingerprint density at radius 2 is 1.94 bits per heavy atom. The predicted octanol–water partition coefficient (Wildman–Crippen LogP) is 2.70. The van der Waals surface area contributed by atoms with Gasteiger partial charge < -0.3 is 19.8 Å². The van der Waals surface area contributed by atoms with Crippen LogP contribution in [0.15, 0.2) is 16.9 Å². The summed E-state index contributed by atoms with van der Waals surface area (Å²) < 4.78 is 10.6. The summed E-state index contributed by atoms with van der Waals surface area (Å²) in [5, 5.41) is 3.65. The zero-order valence-corrected chi connectivity index (χ0v) is 19.2. The number of nitrogens with one attached hydrogen (secondary N) is 2. The Morgan fingerprint density at radius 1 is 1.23 bits per heavy atom. The van der Waals surface area contributed by atoms with Crippen molar-refractivity contribution in [3.8, 4) is 11.5 Å². The fourth-order valence-corrected chi connectivity index (χ4v) is 4.32. The van der Waals surface area contributed by atoms with Gasteiger partial charge in [0.2, 0.25) is 5.91 Å². The number of likely N-dealkylation sites (N-methyl/N-ethyl adjacent to an activating group) is 1. The van der Waals surface area contributed by atoms with Gasteiger partial charge in [-0.1, -0.05) is 33.6 Å². The monoisotopic (exact) mass is 430 g/mol. The molecule has 0 unspecified atom stereocenters. The quantitative estimate of drug-likeness (QED) is 0.668. The third kappa shape index (κ3) is 5.36. The lowest BCUT2D eigenvalue weighted by Gasteiger charge is -2.35. The van der Waals surface area contributed by atoms with Gasteiger partial charge in [0.05, 0.1) is 38.2 Å². The van der Waals surface area contributed by atoms with E-state index >= 15 is 0 Å². The van der Waals surface area contributed by atoms with E-state index in [1.807, 2.05) is 11.8 Å². The number of hydrogen-bond acceptors (Lipinski definition) is 6. The van der Waals surface area contributed by atoms with Gasteiger partial charge in [0.1, 0.15) is 5.82 Å². The molecule has 3 atom stereocenters. The van der Waals surface area contributed by atoms with Crippen molar-refractivity contribution in [1.29, 1.82) is 0 Å². The highest BCUT2D eigenvalue weighted by Gasteiger charge is 2.28. The molecule has 1 aromatic carbocycles. The second kappa shape index (κ2) is 10.1. The summed E-state index contributed by atoms with van der Waals surface area (Å²) in [6, 6.07) is 3.55. The lowest BCUT2D eigenvalue weighted by atomic mass is 9.78. The van der Waals surface area contributed by atoms with E-state index in [4.69, 9.17) is 9.47 Å². The highest BCUT2D eigenvalue weighted by molar-refractivity contribution is 5.82. The minimum atomic E-state index is -0.244. The molecule has 1 fully saturated rings. The molecule has 1 aliphatic carbocycles. The van der Waals surface area contributed by atoms with Crippen LogP contribution in [0.4, 0.5) is 0 Å². The molecule has 1 amide bonds. The standard InChI is InChI=1S/C23H34N4O4/c1-6-27(13-22(28)25-17-9-7-8-14(2)15(17)3)12-21-24-18-11-20(31-5)19(30-4)10-16(18)23(29)26-21/h10-11,14-15,17H,6-9,12-13H2,1-5H3,(H,25,28)(H,24,26,29)/t14-,15-,17-/m0/s1. The van der Waals surface area contributed by atoms with Crippen LogP contribution in [0.1, 0.15) is 45.9 Å². The number of carbonyl (C=O) groups excluding carboxylic acids is 1. The molecule has 8 nitrogen and oxygen atoms in total. The lowest BCUT2D eigenvalue weighted by Crippen LogP contribution is -2.47. The first-order valence-corrected chi connectivity index (χ1v) is 11.0. The Kier molecular flexibility index (Phi) is 7.54. The Bertz CT molecular complexity index is 974. The van der Waals surface area contributed by atoms with Crippen molar-refractivity contribution in [2.45, 2.75) is 52.6 Å². The van der Waals surface area contributed by atoms with Crippen LogP contribution in [0.3, 0.4) is 0 Å². The molecule has 2 aromatic rings. The molecule has 31 heavy (non-hydrogen) atoms. The number of ether oxygens (including phenoxy) is 2. The van der Waals surface area contributed by atoms with Gasteiger partial charge in [-0.25, -0.2) is 4.98 Å². The maximum absolute atomic E-state index is 12.7. The summed E-state index contributed by atoms with van der Waals surface area (Å²) >= 11 is 0. The number of hydrogen-bond donors (Lipinski definition) is 2. The fraction of sp³-hybridized carbons (Fsp3) is 0.609. The molecule has 0 aliphatic heterocycles. The van der Waals surface area contributed by atoms with E-state index in [2.05, 4.69) is 29.1 Å². The predicted molar refractivity (Wildman–Crippen MR) is 121 cm³/mol. The second-order valence-corrected chi connectivity index (χ2v) is 8.48. The van der Waals surface area contributed by atoms with Crippen LogP contribution >= 0.6 is 0 Å². The number of nitrogens with zero attached hydrogens (tertiary/aromatic N) is 2. The van der Waals surface area contributed by atoms with Crippen molar-refractivity contribution < 1.29 is 14.3 Å². The maximum atomic E-state index is 12.7. The van der Waals surface area contributed by atoms with Crippen LogP contribution in [-0.2, 0) is 11.3 Å². The molecule has 0 radical (unpaired) electrons. The summed E-state index contributed by atoms with van der Waals surface area (Å²) in [4.78, 5) is 34.7. The highest BCUT2D eigenvalue weighted by atomic mass is 16.5. The van der Waals surface area contributed by atoms with E-state index in [1.54, 1.807) is 19.2 Å². The molecule has 0 bridgehead atoms. The van der Waals surface area contributed by atoms with Gasteiger partial charge in [-0.15, -0.1) is 0 Å². The van der Waals surface area contributed by atoms with E-state index in [1.165, 1.54) is 13.5 Å². The minimum absolute atomic E-state index is 0.0161. The number of aromatic amines is 1. The molecule has 0 saturated heterocycles. The zero-order valence-electron chi connectivity index (χ0n) is 19.2. The van der Waals surface area contributed by atoms with Gasteiger partial charge >= 0.3 is 0 Å². The third-order valence-corrected chi connectivity index (χ3v) is 6.50. The van der Waals surface area contributed by atoms with Crippen LogP contribution in [0.5, 0.6) is 11.5 Å². The second-order valence-electron chi connectivity index (χ2n) is 8.48. The van der Waals surface area contributed by atoms with Gasteiger partial charge in [0.15, 0.2) is 11.5 Å². The molecule has 1 aromatic heterocycles. The van der Waals surface area contributed by atoms with Gasteiger partial charge in [-0.2, -0.15) is 0 Å². The Labute approximate surface area is 183 Å². The molecular formula is C23H34N4O4. The summed E-state index contributed by atoms with van der Waals surface area (Å²) in [5.74, 6) is 2.64. The molecule has 2 N–H and O–H groups in total. The third-order valence-electron chi connectivity index (χ3n) is 6.50. The van der Waals surface area contributed by atoms with E-state index in [-0.39, 0.29) is 24.1 Å². The van der Waals surface area contributed by atoms with Crippen molar-refractivity contribution in [2.24, 2.45) is 11.8 Å². The van der Waals surface area contributed by atoms with E-state index in [9.17, 15) is 9.59 Å². The summed E-state index contributed by atoms with van der Waals surface area (Å²) in [7, 11) is 3.07. The van der Waals surface area contributed by atoms with Crippen molar-refractivity contribution in [3.05, 3.63) is 28.3 Å². The van der Waals surface area contributed by atoms with Crippen molar-refractivity contribution >= 4 is 16.8 Å². The molecule has 1 saturated carbocycles. The smallest absolute Gasteiger partial charge is 0.258 e. The molecule has 1 aliphatic rings. The average Bonchev–Trinajstić information content (AvgIpc) is 2.75. The van der Waals surface area contributed by atoms with Gasteiger partial charge in [-0.05, 0) is 30.9 Å². The maximum Gasteiger partial charge on any atom is 0.258 e. The van der Waals surface area contributed by atoms with Gasteiger partial charge in [0, 0.05) is 12.1 Å². The lowest BCUT2D eigenvalue weighted by molar-refractivity contribution is -0.123. The fourth-order valence-electron chi connectivity index (χ4n) is 4.32. The molecule has 3 rings (SSSR count). The van der Waals surface area contributed by atoms with Crippen molar-refractivity contribution in [1.82, 2.24) is 20.2 Å². The molecule has 170 valence electrons. The number of aromatic nitrogens is 2. The van der Waals surface area contributed by atoms with Crippen LogP contribution < -0.4 is 20.3 Å². The Hall–Kier alpha value is -2.61. The average molecular weight is 431 g/mol. The van der Waals surface area contributed by atoms with Crippen LogP contribution in [0.25, 0.3) is 10.9 Å².